The van der Waals surface area contributed by atoms with Crippen LogP contribution >= 0.6 is 0 Å². The van der Waals surface area contributed by atoms with E-state index in [0.29, 0.717) is 5.56 Å². The average molecular weight is 259 g/mol. The molecule has 3 nitrogen and oxygen atoms in total. The van der Waals surface area contributed by atoms with Crippen molar-refractivity contribution in [3.63, 3.8) is 0 Å². The molecule has 0 aromatic heterocycles. The molecular formula is C15H14FNO2. The molecule has 0 heterocycles. The summed E-state index contributed by atoms with van der Waals surface area (Å²) in [5.41, 5.74) is 1.73. The number of rotatable bonds is 4. The van der Waals surface area contributed by atoms with E-state index in [9.17, 15) is 14.3 Å². The molecule has 0 fully saturated rings. The largest absolute Gasteiger partial charge is 0.479 e. The second-order valence-electron chi connectivity index (χ2n) is 4.31. The molecular weight excluding hydrogens is 245 g/mol. The van der Waals surface area contributed by atoms with Crippen molar-refractivity contribution in [2.75, 3.05) is 5.32 Å². The number of halogens is 1. The molecule has 2 aromatic rings. The lowest BCUT2D eigenvalue weighted by molar-refractivity contribution is -0.138. The van der Waals surface area contributed by atoms with Crippen LogP contribution in [0.3, 0.4) is 0 Å². The van der Waals surface area contributed by atoms with Gasteiger partial charge in [-0.1, -0.05) is 42.0 Å². The number of carbonyl (C=O) groups is 1. The molecule has 0 saturated heterocycles. The third kappa shape index (κ3) is 3.10. The topological polar surface area (TPSA) is 49.3 Å². The van der Waals surface area contributed by atoms with E-state index in [2.05, 4.69) is 5.32 Å². The molecule has 0 amide bonds. The number of nitrogens with one attached hydrogen (secondary N) is 1. The maximum Gasteiger partial charge on any atom is 0.330 e. The van der Waals surface area contributed by atoms with E-state index in [1.54, 1.807) is 30.3 Å². The molecule has 2 N–H and O–H groups in total. The number of aryl methyl sites for hydroxylation is 1. The van der Waals surface area contributed by atoms with Crippen LogP contribution in [0, 0.1) is 12.7 Å². The Morgan fingerprint density at radius 2 is 1.95 bits per heavy atom. The molecule has 1 atom stereocenters. The zero-order valence-electron chi connectivity index (χ0n) is 10.4. The number of para-hydroxylation sites is 1. The highest BCUT2D eigenvalue weighted by atomic mass is 19.1. The number of carboxylic acids is 1. The first kappa shape index (κ1) is 13.1. The van der Waals surface area contributed by atoms with Gasteiger partial charge in [0.1, 0.15) is 5.82 Å². The second kappa shape index (κ2) is 5.52. The van der Waals surface area contributed by atoms with Gasteiger partial charge in [0.15, 0.2) is 6.04 Å². The minimum atomic E-state index is -1.05. The Bertz CT molecular complexity index is 598. The molecule has 1 unspecified atom stereocenters. The maximum atomic E-state index is 13.6. The lowest BCUT2D eigenvalue weighted by atomic mass is 10.0. The quantitative estimate of drug-likeness (QED) is 0.885. The molecule has 0 radical (unpaired) electrons. The Balaban J connectivity index is 2.32. The first-order valence-corrected chi connectivity index (χ1v) is 5.88. The van der Waals surface area contributed by atoms with Crippen LogP contribution in [0.25, 0.3) is 0 Å². The average Bonchev–Trinajstić information content (AvgIpc) is 2.37. The molecule has 0 saturated carbocycles. The van der Waals surface area contributed by atoms with E-state index >= 15 is 0 Å². The van der Waals surface area contributed by atoms with Crippen molar-refractivity contribution in [3.8, 4) is 0 Å². The van der Waals surface area contributed by atoms with E-state index in [1.807, 2.05) is 13.0 Å². The van der Waals surface area contributed by atoms with Gasteiger partial charge in [0, 0.05) is 0 Å². The number of hydrogen-bond donors (Lipinski definition) is 2. The molecule has 2 aromatic carbocycles. The van der Waals surface area contributed by atoms with Gasteiger partial charge in [0.05, 0.1) is 5.69 Å². The molecule has 0 aliphatic rings. The van der Waals surface area contributed by atoms with Crippen LogP contribution in [-0.4, -0.2) is 11.1 Å². The van der Waals surface area contributed by atoms with E-state index < -0.39 is 17.8 Å². The fourth-order valence-electron chi connectivity index (χ4n) is 1.87. The van der Waals surface area contributed by atoms with Gasteiger partial charge in [-0.15, -0.1) is 0 Å². The number of anilines is 1. The summed E-state index contributed by atoms with van der Waals surface area (Å²) in [7, 11) is 0. The third-order valence-corrected chi connectivity index (χ3v) is 2.80. The summed E-state index contributed by atoms with van der Waals surface area (Å²) in [6.45, 7) is 1.88. The fraction of sp³-hybridized carbons (Fsp3) is 0.133. The molecule has 19 heavy (non-hydrogen) atoms. The highest BCUT2D eigenvalue weighted by molar-refractivity contribution is 5.79. The lowest BCUT2D eigenvalue weighted by Crippen LogP contribution is -2.21. The summed E-state index contributed by atoms with van der Waals surface area (Å²) in [5.74, 6) is -1.52. The maximum absolute atomic E-state index is 13.6. The van der Waals surface area contributed by atoms with Crippen LogP contribution in [0.5, 0.6) is 0 Å². The second-order valence-corrected chi connectivity index (χ2v) is 4.31. The fourth-order valence-corrected chi connectivity index (χ4v) is 1.87. The van der Waals surface area contributed by atoms with E-state index in [1.165, 1.54) is 12.1 Å². The number of benzene rings is 2. The van der Waals surface area contributed by atoms with Gasteiger partial charge in [-0.2, -0.15) is 0 Å². The zero-order chi connectivity index (χ0) is 13.8. The lowest BCUT2D eigenvalue weighted by Gasteiger charge is -2.17. The molecule has 2 rings (SSSR count). The summed E-state index contributed by atoms with van der Waals surface area (Å²) >= 11 is 0. The smallest absolute Gasteiger partial charge is 0.330 e. The van der Waals surface area contributed by atoms with Crippen LogP contribution in [0.15, 0.2) is 48.5 Å². The van der Waals surface area contributed by atoms with Gasteiger partial charge in [0.2, 0.25) is 0 Å². The van der Waals surface area contributed by atoms with Crippen LogP contribution in [0.2, 0.25) is 0 Å². The van der Waals surface area contributed by atoms with Crippen molar-refractivity contribution in [2.45, 2.75) is 13.0 Å². The number of hydrogen-bond acceptors (Lipinski definition) is 2. The first-order chi connectivity index (χ1) is 9.08. The molecule has 0 bridgehead atoms. The van der Waals surface area contributed by atoms with Crippen LogP contribution in [-0.2, 0) is 4.79 Å². The van der Waals surface area contributed by atoms with Crippen LogP contribution in [0.4, 0.5) is 10.1 Å². The van der Waals surface area contributed by atoms with Crippen molar-refractivity contribution in [3.05, 3.63) is 65.5 Å². The highest BCUT2D eigenvalue weighted by Gasteiger charge is 2.20. The number of carboxylic acid groups (broad SMARTS) is 1. The minimum absolute atomic E-state index is 0.177. The van der Waals surface area contributed by atoms with E-state index in [4.69, 9.17) is 0 Å². The van der Waals surface area contributed by atoms with E-state index in [-0.39, 0.29) is 5.69 Å². The molecule has 0 spiro atoms. The predicted octanol–water partition coefficient (Wildman–Crippen LogP) is 3.37. The van der Waals surface area contributed by atoms with Gasteiger partial charge in [0.25, 0.3) is 0 Å². The van der Waals surface area contributed by atoms with Gasteiger partial charge < -0.3 is 10.4 Å². The first-order valence-electron chi connectivity index (χ1n) is 5.88. The Labute approximate surface area is 110 Å². The Morgan fingerprint density at radius 3 is 2.58 bits per heavy atom. The van der Waals surface area contributed by atoms with Crippen molar-refractivity contribution < 1.29 is 14.3 Å². The standard InChI is InChI=1S/C15H14FNO2/c1-10-5-4-6-11(9-10)14(15(18)19)17-13-8-3-2-7-12(13)16/h2-9,14,17H,1H3,(H,18,19). The monoisotopic (exact) mass is 259 g/mol. The van der Waals surface area contributed by atoms with E-state index in [0.717, 1.165) is 5.56 Å². The summed E-state index contributed by atoms with van der Waals surface area (Å²) < 4.78 is 13.6. The van der Waals surface area contributed by atoms with Gasteiger partial charge in [-0.3, -0.25) is 0 Å². The SMILES string of the molecule is Cc1cccc(C(Nc2ccccc2F)C(=O)O)c1. The van der Waals surface area contributed by atoms with Gasteiger partial charge in [-0.05, 0) is 24.6 Å². The van der Waals surface area contributed by atoms with Crippen molar-refractivity contribution >= 4 is 11.7 Å². The van der Waals surface area contributed by atoms with Crippen LogP contribution < -0.4 is 5.32 Å². The molecule has 0 aliphatic carbocycles. The van der Waals surface area contributed by atoms with Crippen molar-refractivity contribution in [2.24, 2.45) is 0 Å². The summed E-state index contributed by atoms with van der Waals surface area (Å²) in [4.78, 5) is 11.3. The zero-order valence-corrected chi connectivity index (χ0v) is 10.4. The summed E-state index contributed by atoms with van der Waals surface area (Å²) in [6.07, 6.45) is 0. The van der Waals surface area contributed by atoms with Crippen LogP contribution in [0.1, 0.15) is 17.2 Å². The van der Waals surface area contributed by atoms with Gasteiger partial charge >= 0.3 is 5.97 Å². The Hall–Kier alpha value is -2.36. The molecule has 0 aliphatic heterocycles. The summed E-state index contributed by atoms with van der Waals surface area (Å²) in [5, 5.41) is 12.0. The normalized spacial score (nSPS) is 11.9. The molecule has 4 heteroatoms. The Kier molecular flexibility index (Phi) is 3.80. The number of aliphatic carboxylic acids is 1. The highest BCUT2D eigenvalue weighted by Crippen LogP contribution is 2.22. The summed E-state index contributed by atoms with van der Waals surface area (Å²) in [6, 6.07) is 12.2. The minimum Gasteiger partial charge on any atom is -0.479 e. The molecule has 98 valence electrons. The third-order valence-electron chi connectivity index (χ3n) is 2.80. The van der Waals surface area contributed by atoms with Crippen molar-refractivity contribution in [1.82, 2.24) is 0 Å². The van der Waals surface area contributed by atoms with Gasteiger partial charge in [-0.25, -0.2) is 9.18 Å². The Morgan fingerprint density at radius 1 is 1.21 bits per heavy atom. The van der Waals surface area contributed by atoms with Crippen molar-refractivity contribution in [1.29, 1.82) is 0 Å². The predicted molar refractivity (Wildman–Crippen MR) is 71.6 cm³/mol.